The van der Waals surface area contributed by atoms with E-state index in [4.69, 9.17) is 0 Å². The molecule has 18 heavy (non-hydrogen) atoms. The summed E-state index contributed by atoms with van der Waals surface area (Å²) in [5.41, 5.74) is 0.804. The van der Waals surface area contributed by atoms with Crippen molar-refractivity contribution >= 4 is 15.9 Å². The molecule has 0 aliphatic carbocycles. The number of sulfonamides is 1. The third-order valence-corrected chi connectivity index (χ3v) is 3.86. The third-order valence-electron chi connectivity index (χ3n) is 2.20. The van der Waals surface area contributed by atoms with Crippen LogP contribution in [0.2, 0.25) is 0 Å². The molecule has 3 N–H and O–H groups in total. The van der Waals surface area contributed by atoms with Crippen molar-refractivity contribution in [1.82, 2.24) is 20.2 Å². The maximum absolute atomic E-state index is 11.9. The first-order valence-corrected chi connectivity index (χ1v) is 6.75. The average molecular weight is 272 g/mol. The average Bonchev–Trinajstić information content (AvgIpc) is 2.64. The van der Waals surface area contributed by atoms with Crippen LogP contribution in [0.3, 0.4) is 0 Å². The van der Waals surface area contributed by atoms with Crippen LogP contribution in [0.5, 0.6) is 0 Å². The molecule has 8 heteroatoms. The molecule has 0 radical (unpaired) electrons. The smallest absolute Gasteiger partial charge is 0.244 e. The summed E-state index contributed by atoms with van der Waals surface area (Å²) in [6.07, 6.45) is 1.51. The number of carbonyl (C=O) groups excluding carboxylic acids is 1. The normalized spacial score (nSPS) is 11.2. The van der Waals surface area contributed by atoms with Gasteiger partial charge in [-0.3, -0.25) is 9.89 Å². The van der Waals surface area contributed by atoms with Gasteiger partial charge < -0.3 is 5.32 Å². The predicted octanol–water partition coefficient (Wildman–Crippen LogP) is -0.393. The van der Waals surface area contributed by atoms with Crippen molar-refractivity contribution in [2.45, 2.75) is 18.7 Å². The molecular weight excluding hydrogens is 256 g/mol. The Kier molecular flexibility index (Phi) is 4.62. The summed E-state index contributed by atoms with van der Waals surface area (Å²) < 4.78 is 26.1. The zero-order valence-corrected chi connectivity index (χ0v) is 11.1. The summed E-state index contributed by atoms with van der Waals surface area (Å²) in [5, 5.41) is 8.86. The Morgan fingerprint density at radius 1 is 1.50 bits per heavy atom. The van der Waals surface area contributed by atoms with Gasteiger partial charge in [-0.05, 0) is 13.8 Å². The molecule has 1 aromatic rings. The SMILES string of the molecule is C=CCNC(=O)CNS(=O)(=O)c1c(C)n[nH]c1C. The highest BCUT2D eigenvalue weighted by atomic mass is 32.2. The van der Waals surface area contributed by atoms with E-state index in [0.29, 0.717) is 17.9 Å². The first-order valence-electron chi connectivity index (χ1n) is 5.27. The fraction of sp³-hybridized carbons (Fsp3) is 0.400. The van der Waals surface area contributed by atoms with E-state index in [9.17, 15) is 13.2 Å². The van der Waals surface area contributed by atoms with Gasteiger partial charge in [0.05, 0.1) is 17.9 Å². The van der Waals surface area contributed by atoms with E-state index >= 15 is 0 Å². The van der Waals surface area contributed by atoms with Gasteiger partial charge in [-0.15, -0.1) is 6.58 Å². The van der Waals surface area contributed by atoms with Crippen LogP contribution in [0.15, 0.2) is 17.6 Å². The third kappa shape index (κ3) is 3.41. The van der Waals surface area contributed by atoms with Crippen molar-refractivity contribution in [1.29, 1.82) is 0 Å². The van der Waals surface area contributed by atoms with Crippen LogP contribution >= 0.6 is 0 Å². The largest absolute Gasteiger partial charge is 0.352 e. The highest BCUT2D eigenvalue weighted by Crippen LogP contribution is 2.15. The number of aromatic nitrogens is 2. The minimum Gasteiger partial charge on any atom is -0.352 e. The van der Waals surface area contributed by atoms with Crippen molar-refractivity contribution in [2.75, 3.05) is 13.1 Å². The van der Waals surface area contributed by atoms with E-state index in [-0.39, 0.29) is 11.4 Å². The molecule has 0 spiro atoms. The molecule has 0 unspecified atom stereocenters. The van der Waals surface area contributed by atoms with Crippen LogP contribution in [0, 0.1) is 13.8 Å². The zero-order valence-electron chi connectivity index (χ0n) is 10.3. The zero-order chi connectivity index (χ0) is 13.8. The molecule has 1 heterocycles. The van der Waals surface area contributed by atoms with Gasteiger partial charge in [0.1, 0.15) is 4.90 Å². The quantitative estimate of drug-likeness (QED) is 0.613. The number of hydrogen-bond donors (Lipinski definition) is 3. The van der Waals surface area contributed by atoms with Gasteiger partial charge in [-0.1, -0.05) is 6.08 Å². The summed E-state index contributed by atoms with van der Waals surface area (Å²) in [4.78, 5) is 11.4. The van der Waals surface area contributed by atoms with Crippen molar-refractivity contribution in [2.24, 2.45) is 0 Å². The highest BCUT2D eigenvalue weighted by Gasteiger charge is 2.22. The molecule has 0 aliphatic heterocycles. The molecule has 1 rings (SSSR count). The Labute approximate surface area is 106 Å². The summed E-state index contributed by atoms with van der Waals surface area (Å²) in [5.74, 6) is -0.419. The molecule has 0 fully saturated rings. The fourth-order valence-corrected chi connectivity index (χ4v) is 2.77. The summed E-state index contributed by atoms with van der Waals surface area (Å²) >= 11 is 0. The number of nitrogens with one attached hydrogen (secondary N) is 3. The number of aromatic amines is 1. The second-order valence-corrected chi connectivity index (χ2v) is 5.38. The number of nitrogens with zero attached hydrogens (tertiary/aromatic N) is 1. The monoisotopic (exact) mass is 272 g/mol. The number of amides is 1. The van der Waals surface area contributed by atoms with Crippen molar-refractivity contribution in [3.05, 3.63) is 24.0 Å². The van der Waals surface area contributed by atoms with Gasteiger partial charge in [-0.25, -0.2) is 13.1 Å². The lowest BCUT2D eigenvalue weighted by molar-refractivity contribution is -0.119. The van der Waals surface area contributed by atoms with E-state index < -0.39 is 15.9 Å². The molecule has 0 aliphatic rings. The van der Waals surface area contributed by atoms with Crippen molar-refractivity contribution in [3.63, 3.8) is 0 Å². The molecule has 0 atom stereocenters. The second-order valence-electron chi connectivity index (χ2n) is 3.68. The van der Waals surface area contributed by atoms with E-state index in [1.165, 1.54) is 6.08 Å². The summed E-state index contributed by atoms with van der Waals surface area (Å²) in [6, 6.07) is 0. The van der Waals surface area contributed by atoms with Gasteiger partial charge in [0, 0.05) is 6.54 Å². The number of hydrogen-bond acceptors (Lipinski definition) is 4. The van der Waals surface area contributed by atoms with Crippen LogP contribution in [-0.4, -0.2) is 37.6 Å². The molecular formula is C10H16N4O3S. The maximum Gasteiger partial charge on any atom is 0.244 e. The Hall–Kier alpha value is -1.67. The van der Waals surface area contributed by atoms with E-state index in [0.717, 1.165) is 0 Å². The van der Waals surface area contributed by atoms with Gasteiger partial charge in [-0.2, -0.15) is 5.10 Å². The van der Waals surface area contributed by atoms with Gasteiger partial charge in [0.2, 0.25) is 15.9 Å². The van der Waals surface area contributed by atoms with Crippen LogP contribution in [0.4, 0.5) is 0 Å². The molecule has 1 amide bonds. The summed E-state index contributed by atoms with van der Waals surface area (Å²) in [6.45, 7) is 6.60. The number of carbonyl (C=O) groups is 1. The highest BCUT2D eigenvalue weighted by molar-refractivity contribution is 7.89. The predicted molar refractivity (Wildman–Crippen MR) is 66.5 cm³/mol. The second kappa shape index (κ2) is 5.78. The maximum atomic E-state index is 11.9. The molecule has 100 valence electrons. The Balaban J connectivity index is 2.72. The van der Waals surface area contributed by atoms with Crippen LogP contribution in [0.1, 0.15) is 11.4 Å². The van der Waals surface area contributed by atoms with Gasteiger partial charge >= 0.3 is 0 Å². The number of rotatable bonds is 6. The first kappa shape index (κ1) is 14.4. The number of aryl methyl sites for hydroxylation is 2. The topological polar surface area (TPSA) is 104 Å². The van der Waals surface area contributed by atoms with Gasteiger partial charge in [0.15, 0.2) is 0 Å². The molecule has 0 aromatic carbocycles. The standard InChI is InChI=1S/C10H16N4O3S/c1-4-5-11-9(15)6-12-18(16,17)10-7(2)13-14-8(10)3/h4,12H,1,5-6H2,2-3H3,(H,11,15)(H,13,14). The molecule has 1 aromatic heterocycles. The molecule has 0 saturated carbocycles. The minimum absolute atomic E-state index is 0.0824. The lowest BCUT2D eigenvalue weighted by Crippen LogP contribution is -2.37. The van der Waals surface area contributed by atoms with Crippen molar-refractivity contribution < 1.29 is 13.2 Å². The Bertz CT molecular complexity index is 528. The minimum atomic E-state index is -3.73. The van der Waals surface area contributed by atoms with Crippen LogP contribution in [-0.2, 0) is 14.8 Å². The van der Waals surface area contributed by atoms with Crippen LogP contribution < -0.4 is 10.0 Å². The van der Waals surface area contributed by atoms with Crippen LogP contribution in [0.25, 0.3) is 0 Å². The number of H-pyrrole nitrogens is 1. The van der Waals surface area contributed by atoms with Gasteiger partial charge in [0.25, 0.3) is 0 Å². The molecule has 0 bridgehead atoms. The van der Waals surface area contributed by atoms with E-state index in [1.807, 2.05) is 0 Å². The molecule has 0 saturated heterocycles. The molecule has 7 nitrogen and oxygen atoms in total. The lowest BCUT2D eigenvalue weighted by atomic mass is 10.4. The van der Waals surface area contributed by atoms with Crippen molar-refractivity contribution in [3.8, 4) is 0 Å². The Morgan fingerprint density at radius 3 is 2.67 bits per heavy atom. The Morgan fingerprint density at radius 2 is 2.17 bits per heavy atom. The fourth-order valence-electron chi connectivity index (χ4n) is 1.42. The van der Waals surface area contributed by atoms with E-state index in [2.05, 4.69) is 26.8 Å². The lowest BCUT2D eigenvalue weighted by Gasteiger charge is -2.06. The summed E-state index contributed by atoms with van der Waals surface area (Å²) in [7, 11) is -3.73. The first-order chi connectivity index (χ1) is 8.38. The van der Waals surface area contributed by atoms with E-state index in [1.54, 1.807) is 13.8 Å².